The van der Waals surface area contributed by atoms with E-state index >= 15 is 0 Å². The summed E-state index contributed by atoms with van der Waals surface area (Å²) in [6.07, 6.45) is 1.14. The minimum Gasteiger partial charge on any atom is -0.480 e. The summed E-state index contributed by atoms with van der Waals surface area (Å²) >= 11 is 0. The predicted molar refractivity (Wildman–Crippen MR) is 77.1 cm³/mol. The summed E-state index contributed by atoms with van der Waals surface area (Å²) in [5.41, 5.74) is -0.0704. The minimum absolute atomic E-state index is 0.105. The molecule has 0 saturated heterocycles. The third kappa shape index (κ3) is 5.85. The van der Waals surface area contributed by atoms with E-state index in [2.05, 4.69) is 10.4 Å². The summed E-state index contributed by atoms with van der Waals surface area (Å²) in [4.78, 5) is 22.9. The smallest absolute Gasteiger partial charge is 0.408 e. The van der Waals surface area contributed by atoms with Crippen LogP contribution in [-0.4, -0.2) is 38.6 Å². The molecule has 2 N–H and O–H groups in total. The van der Waals surface area contributed by atoms with E-state index in [-0.39, 0.29) is 12.5 Å². The number of aliphatic carboxylic acids is 1. The zero-order chi connectivity index (χ0) is 16.2. The number of amides is 1. The van der Waals surface area contributed by atoms with Gasteiger partial charge in [0, 0.05) is 18.7 Å². The first kappa shape index (κ1) is 17.0. The van der Waals surface area contributed by atoms with Gasteiger partial charge in [0.05, 0.1) is 5.69 Å². The minimum atomic E-state index is -1.13. The van der Waals surface area contributed by atoms with Crippen LogP contribution < -0.4 is 5.32 Å². The quantitative estimate of drug-likeness (QED) is 0.866. The van der Waals surface area contributed by atoms with E-state index in [1.165, 1.54) is 0 Å². The van der Waals surface area contributed by atoms with Crippen LogP contribution in [-0.2, 0) is 16.0 Å². The molecule has 0 aliphatic heterocycles. The van der Waals surface area contributed by atoms with E-state index in [0.29, 0.717) is 5.69 Å². The number of hydrogen-bond donors (Lipinski definition) is 2. The molecule has 0 aliphatic rings. The molecule has 0 fully saturated rings. The molecule has 7 heteroatoms. The lowest BCUT2D eigenvalue weighted by Crippen LogP contribution is -2.44. The largest absolute Gasteiger partial charge is 0.480 e. The highest BCUT2D eigenvalue weighted by atomic mass is 16.6. The second kappa shape index (κ2) is 6.60. The molecule has 21 heavy (non-hydrogen) atoms. The van der Waals surface area contributed by atoms with Gasteiger partial charge in [-0.1, -0.05) is 0 Å². The van der Waals surface area contributed by atoms with Crippen LogP contribution in [0.15, 0.2) is 12.3 Å². The maximum Gasteiger partial charge on any atom is 0.408 e. The van der Waals surface area contributed by atoms with Gasteiger partial charge in [0.15, 0.2) is 0 Å². The molecule has 1 unspecified atom stereocenters. The monoisotopic (exact) mass is 297 g/mol. The summed E-state index contributed by atoms with van der Waals surface area (Å²) in [5.74, 6) is -1.13. The van der Waals surface area contributed by atoms with Crippen molar-refractivity contribution in [2.75, 3.05) is 0 Å². The lowest BCUT2D eigenvalue weighted by molar-refractivity contribution is -0.139. The highest BCUT2D eigenvalue weighted by Crippen LogP contribution is 2.09. The van der Waals surface area contributed by atoms with E-state index in [0.717, 1.165) is 0 Å². The fraction of sp³-hybridized carbons (Fsp3) is 0.643. The van der Waals surface area contributed by atoms with Gasteiger partial charge in [0.1, 0.15) is 11.6 Å². The number of carbonyl (C=O) groups is 2. The van der Waals surface area contributed by atoms with Gasteiger partial charge in [0.2, 0.25) is 0 Å². The van der Waals surface area contributed by atoms with Crippen molar-refractivity contribution in [3.05, 3.63) is 18.0 Å². The summed E-state index contributed by atoms with van der Waals surface area (Å²) in [7, 11) is 0. The Morgan fingerprint density at radius 3 is 2.48 bits per heavy atom. The third-order valence-corrected chi connectivity index (χ3v) is 2.59. The number of rotatable bonds is 5. The molecule has 0 bridgehead atoms. The average Bonchev–Trinajstić information content (AvgIpc) is 2.74. The number of ether oxygens (including phenoxy) is 1. The van der Waals surface area contributed by atoms with Crippen molar-refractivity contribution in [3.8, 4) is 0 Å². The summed E-state index contributed by atoms with van der Waals surface area (Å²) < 4.78 is 6.80. The van der Waals surface area contributed by atoms with Gasteiger partial charge in [-0.3, -0.25) is 4.68 Å². The highest BCUT2D eigenvalue weighted by Gasteiger charge is 2.25. The van der Waals surface area contributed by atoms with Gasteiger partial charge < -0.3 is 15.2 Å². The molecule has 118 valence electrons. The third-order valence-electron chi connectivity index (χ3n) is 2.59. The molecular weight excluding hydrogens is 274 g/mol. The Hall–Kier alpha value is -2.05. The van der Waals surface area contributed by atoms with Gasteiger partial charge in [-0.15, -0.1) is 0 Å². The number of aromatic nitrogens is 2. The summed E-state index contributed by atoms with van der Waals surface area (Å²) in [6, 6.07) is 0.864. The second-order valence-corrected chi connectivity index (χ2v) is 6.12. The Morgan fingerprint density at radius 2 is 2.05 bits per heavy atom. The van der Waals surface area contributed by atoms with E-state index in [4.69, 9.17) is 4.74 Å². The van der Waals surface area contributed by atoms with Gasteiger partial charge in [-0.25, -0.2) is 9.59 Å². The summed E-state index contributed by atoms with van der Waals surface area (Å²) in [5, 5.41) is 15.8. The van der Waals surface area contributed by atoms with Crippen molar-refractivity contribution >= 4 is 12.1 Å². The van der Waals surface area contributed by atoms with Crippen LogP contribution in [0.3, 0.4) is 0 Å². The van der Waals surface area contributed by atoms with Crippen molar-refractivity contribution in [2.45, 2.75) is 58.7 Å². The normalized spacial score (nSPS) is 13.0. The van der Waals surface area contributed by atoms with Crippen molar-refractivity contribution in [3.63, 3.8) is 0 Å². The number of alkyl carbamates (subject to hydrolysis) is 1. The number of carboxylic acids is 1. The van der Waals surface area contributed by atoms with Gasteiger partial charge in [-0.2, -0.15) is 5.10 Å². The maximum atomic E-state index is 11.7. The molecule has 7 nitrogen and oxygen atoms in total. The van der Waals surface area contributed by atoms with Crippen LogP contribution in [0.4, 0.5) is 4.79 Å². The molecule has 0 saturated carbocycles. The van der Waals surface area contributed by atoms with Gasteiger partial charge in [0.25, 0.3) is 0 Å². The molecular formula is C14H23N3O4. The highest BCUT2D eigenvalue weighted by molar-refractivity contribution is 5.80. The lowest BCUT2D eigenvalue weighted by atomic mass is 10.1. The molecule has 1 atom stereocenters. The average molecular weight is 297 g/mol. The van der Waals surface area contributed by atoms with Crippen LogP contribution in [0.1, 0.15) is 46.4 Å². The standard InChI is InChI=1S/C14H23N3O4/c1-9(2)17-7-6-10(16-17)8-11(12(18)19)15-13(20)21-14(3,4)5/h6-7,9,11H,8H2,1-5H3,(H,15,20)(H,18,19). The maximum absolute atomic E-state index is 11.7. The Balaban J connectivity index is 2.69. The number of carbonyl (C=O) groups excluding carboxylic acids is 1. The molecule has 0 spiro atoms. The van der Waals surface area contributed by atoms with Gasteiger partial charge in [-0.05, 0) is 40.7 Å². The van der Waals surface area contributed by atoms with Crippen molar-refractivity contribution < 1.29 is 19.4 Å². The topological polar surface area (TPSA) is 93.5 Å². The molecule has 1 aromatic rings. The molecule has 1 heterocycles. The van der Waals surface area contributed by atoms with Crippen LogP contribution in [0.25, 0.3) is 0 Å². The first-order valence-corrected chi connectivity index (χ1v) is 6.85. The van der Waals surface area contributed by atoms with E-state index < -0.39 is 23.7 Å². The van der Waals surface area contributed by atoms with Crippen LogP contribution >= 0.6 is 0 Å². The van der Waals surface area contributed by atoms with E-state index in [9.17, 15) is 14.7 Å². The first-order valence-electron chi connectivity index (χ1n) is 6.85. The fourth-order valence-corrected chi connectivity index (χ4v) is 1.63. The Bertz CT molecular complexity index is 503. The Labute approximate surface area is 124 Å². The predicted octanol–water partition coefficient (Wildman–Crippen LogP) is 1.98. The molecule has 1 amide bonds. The number of carboxylic acid groups (broad SMARTS) is 1. The van der Waals surface area contributed by atoms with Crippen molar-refractivity contribution in [1.29, 1.82) is 0 Å². The zero-order valence-electron chi connectivity index (χ0n) is 13.1. The molecule has 0 aliphatic carbocycles. The number of hydrogen-bond acceptors (Lipinski definition) is 4. The van der Waals surface area contributed by atoms with Crippen molar-refractivity contribution in [1.82, 2.24) is 15.1 Å². The lowest BCUT2D eigenvalue weighted by Gasteiger charge is -2.21. The van der Waals surface area contributed by atoms with Crippen LogP contribution in [0.5, 0.6) is 0 Å². The van der Waals surface area contributed by atoms with Crippen molar-refractivity contribution in [2.24, 2.45) is 0 Å². The molecule has 0 radical (unpaired) electrons. The van der Waals surface area contributed by atoms with Crippen LogP contribution in [0, 0.1) is 0 Å². The number of nitrogens with zero attached hydrogens (tertiary/aromatic N) is 2. The first-order chi connectivity index (χ1) is 9.58. The SMILES string of the molecule is CC(C)n1ccc(CC(NC(=O)OC(C)(C)C)C(=O)O)n1. The van der Waals surface area contributed by atoms with E-state index in [1.54, 1.807) is 37.7 Å². The zero-order valence-corrected chi connectivity index (χ0v) is 13.1. The Kier molecular flexibility index (Phi) is 5.34. The van der Waals surface area contributed by atoms with Gasteiger partial charge >= 0.3 is 12.1 Å². The fourth-order valence-electron chi connectivity index (χ4n) is 1.63. The summed E-state index contributed by atoms with van der Waals surface area (Å²) in [6.45, 7) is 9.10. The molecule has 1 aromatic heterocycles. The molecule has 0 aromatic carbocycles. The number of nitrogens with one attached hydrogen (secondary N) is 1. The Morgan fingerprint density at radius 1 is 1.43 bits per heavy atom. The van der Waals surface area contributed by atoms with E-state index in [1.807, 2.05) is 13.8 Å². The van der Waals surface area contributed by atoms with Crippen LogP contribution in [0.2, 0.25) is 0 Å². The molecule has 1 rings (SSSR count). The second-order valence-electron chi connectivity index (χ2n) is 6.12.